The number of nitrogens with zero attached hydrogens (tertiary/aromatic N) is 2. The minimum atomic E-state index is -3.35. The van der Waals surface area contributed by atoms with Crippen LogP contribution in [-0.2, 0) is 22.3 Å². The van der Waals surface area contributed by atoms with Crippen molar-refractivity contribution in [2.45, 2.75) is 38.3 Å². The maximum atomic E-state index is 13.7. The second kappa shape index (κ2) is 9.09. The molecule has 1 aliphatic carbocycles. The van der Waals surface area contributed by atoms with Crippen molar-refractivity contribution in [1.82, 2.24) is 15.3 Å². The molecule has 2 N–H and O–H groups in total. The van der Waals surface area contributed by atoms with E-state index in [-0.39, 0.29) is 23.8 Å². The number of hydrogen-bond donors (Lipinski definition) is 2. The summed E-state index contributed by atoms with van der Waals surface area (Å²) < 4.78 is 50.4. The van der Waals surface area contributed by atoms with E-state index in [1.54, 1.807) is 0 Å². The zero-order chi connectivity index (χ0) is 22.6. The summed E-state index contributed by atoms with van der Waals surface area (Å²) in [6, 6.07) is 8.74. The van der Waals surface area contributed by atoms with Crippen molar-refractivity contribution < 1.29 is 22.0 Å². The standard InChI is InChI=1S/C21H24F2N4O3S/c1-21(22,23)20-25-13-16(18(27-20)24-12-14-6-4-3-5-7-14)19(28)26-17(15-8-9-15)10-11-31(2,29)30/h3-7,10-11,13,15,17H,8-9,12H2,1-2H3,(H,26,28)(H,24,25,27)/b11-10+/t17-/m1/s1. The zero-order valence-electron chi connectivity index (χ0n) is 17.2. The molecule has 1 atom stereocenters. The predicted molar refractivity (Wildman–Crippen MR) is 113 cm³/mol. The summed E-state index contributed by atoms with van der Waals surface area (Å²) in [6.45, 7) is 0.953. The van der Waals surface area contributed by atoms with E-state index in [4.69, 9.17) is 0 Å². The van der Waals surface area contributed by atoms with Crippen LogP contribution in [-0.4, -0.2) is 36.6 Å². The number of aromatic nitrogens is 2. The molecule has 0 saturated heterocycles. The minimum absolute atomic E-state index is 0.00216. The Bertz CT molecular complexity index is 1070. The quantitative estimate of drug-likeness (QED) is 0.608. The summed E-state index contributed by atoms with van der Waals surface area (Å²) in [5.74, 6) is -4.43. The van der Waals surface area contributed by atoms with Crippen LogP contribution in [0, 0.1) is 5.92 Å². The van der Waals surface area contributed by atoms with Crippen molar-refractivity contribution in [3.63, 3.8) is 0 Å². The predicted octanol–water partition coefficient (Wildman–Crippen LogP) is 3.27. The van der Waals surface area contributed by atoms with Crippen LogP contribution < -0.4 is 10.6 Å². The summed E-state index contributed by atoms with van der Waals surface area (Å²) in [4.78, 5) is 20.5. The number of halogens is 2. The molecule has 3 rings (SSSR count). The molecule has 1 saturated carbocycles. The number of benzene rings is 1. The van der Waals surface area contributed by atoms with Gasteiger partial charge in [-0.15, -0.1) is 0 Å². The summed E-state index contributed by atoms with van der Waals surface area (Å²) in [5.41, 5.74) is 0.881. The van der Waals surface area contributed by atoms with Crippen molar-refractivity contribution in [2.24, 2.45) is 5.92 Å². The Morgan fingerprint density at radius 1 is 1.29 bits per heavy atom. The molecular weight excluding hydrogens is 426 g/mol. The van der Waals surface area contributed by atoms with Gasteiger partial charge in [0.25, 0.3) is 5.91 Å². The van der Waals surface area contributed by atoms with Gasteiger partial charge in [0.15, 0.2) is 9.84 Å². The second-order valence-electron chi connectivity index (χ2n) is 7.68. The van der Waals surface area contributed by atoms with Crippen molar-refractivity contribution in [3.8, 4) is 0 Å². The van der Waals surface area contributed by atoms with Gasteiger partial charge in [0, 0.05) is 31.3 Å². The fraction of sp³-hybridized carbons (Fsp3) is 0.381. The lowest BCUT2D eigenvalue weighted by Crippen LogP contribution is -2.36. The Kier molecular flexibility index (Phi) is 6.68. The molecule has 0 bridgehead atoms. The summed E-state index contributed by atoms with van der Waals surface area (Å²) >= 11 is 0. The fourth-order valence-corrected chi connectivity index (χ4v) is 3.37. The van der Waals surface area contributed by atoms with Gasteiger partial charge in [0.05, 0.1) is 6.04 Å². The SMILES string of the molecule is CC(F)(F)c1ncc(C(=O)N[C@H](/C=C/S(C)(=O)=O)C2CC2)c(NCc2ccccc2)n1. The Morgan fingerprint density at radius 3 is 2.55 bits per heavy atom. The highest BCUT2D eigenvalue weighted by atomic mass is 32.2. The van der Waals surface area contributed by atoms with Crippen LogP contribution >= 0.6 is 0 Å². The first kappa shape index (κ1) is 22.8. The van der Waals surface area contributed by atoms with Crippen molar-refractivity contribution in [1.29, 1.82) is 0 Å². The molecule has 1 fully saturated rings. The van der Waals surface area contributed by atoms with Crippen LogP contribution in [0.4, 0.5) is 14.6 Å². The number of hydrogen-bond acceptors (Lipinski definition) is 6. The average molecular weight is 451 g/mol. The topological polar surface area (TPSA) is 101 Å². The normalized spacial score (nSPS) is 15.6. The molecule has 1 aromatic heterocycles. The molecule has 1 amide bonds. The third kappa shape index (κ3) is 6.81. The zero-order valence-corrected chi connectivity index (χ0v) is 18.0. The number of carbonyl (C=O) groups excluding carboxylic acids is 1. The van der Waals surface area contributed by atoms with Gasteiger partial charge in [-0.1, -0.05) is 36.4 Å². The van der Waals surface area contributed by atoms with Gasteiger partial charge >= 0.3 is 5.92 Å². The van der Waals surface area contributed by atoms with Gasteiger partial charge in [-0.05, 0) is 24.3 Å². The lowest BCUT2D eigenvalue weighted by Gasteiger charge is -2.18. The number of amides is 1. The van der Waals surface area contributed by atoms with E-state index in [1.165, 1.54) is 6.08 Å². The molecular formula is C21H24F2N4O3S. The molecule has 1 aliphatic rings. The second-order valence-corrected chi connectivity index (χ2v) is 9.61. The van der Waals surface area contributed by atoms with Gasteiger partial charge in [-0.3, -0.25) is 4.79 Å². The van der Waals surface area contributed by atoms with E-state index >= 15 is 0 Å². The van der Waals surface area contributed by atoms with Crippen LogP contribution in [0.3, 0.4) is 0 Å². The number of carbonyl (C=O) groups is 1. The Morgan fingerprint density at radius 2 is 1.97 bits per heavy atom. The van der Waals surface area contributed by atoms with Crippen LogP contribution in [0.2, 0.25) is 0 Å². The smallest absolute Gasteiger partial charge is 0.303 e. The first-order valence-electron chi connectivity index (χ1n) is 9.75. The molecule has 0 unspecified atom stereocenters. The molecule has 2 aromatic rings. The molecule has 1 heterocycles. The summed E-state index contributed by atoms with van der Waals surface area (Å²) in [7, 11) is -3.35. The largest absolute Gasteiger partial charge is 0.365 e. The van der Waals surface area contributed by atoms with Crippen LogP contribution in [0.1, 0.15) is 41.5 Å². The number of sulfone groups is 1. The van der Waals surface area contributed by atoms with Crippen LogP contribution in [0.5, 0.6) is 0 Å². The molecule has 0 aliphatic heterocycles. The molecule has 10 heteroatoms. The molecule has 1 aromatic carbocycles. The summed E-state index contributed by atoms with van der Waals surface area (Å²) in [6.07, 6.45) is 5.29. The Labute approximate surface area is 179 Å². The highest BCUT2D eigenvalue weighted by Gasteiger charge is 2.33. The van der Waals surface area contributed by atoms with E-state index in [1.807, 2.05) is 30.3 Å². The van der Waals surface area contributed by atoms with Crippen molar-refractivity contribution >= 4 is 21.6 Å². The summed E-state index contributed by atoms with van der Waals surface area (Å²) in [5, 5.41) is 6.76. The minimum Gasteiger partial charge on any atom is -0.365 e. The van der Waals surface area contributed by atoms with Gasteiger partial charge < -0.3 is 10.6 Å². The average Bonchev–Trinajstić information content (AvgIpc) is 3.54. The molecule has 7 nitrogen and oxygen atoms in total. The maximum Gasteiger partial charge on any atom is 0.303 e. The van der Waals surface area contributed by atoms with Crippen LogP contribution in [0.25, 0.3) is 0 Å². The molecule has 31 heavy (non-hydrogen) atoms. The fourth-order valence-electron chi connectivity index (χ4n) is 2.91. The van der Waals surface area contributed by atoms with Crippen LogP contribution in [0.15, 0.2) is 48.0 Å². The monoisotopic (exact) mass is 450 g/mol. The Balaban J connectivity index is 1.85. The lowest BCUT2D eigenvalue weighted by atomic mass is 10.1. The van der Waals surface area contributed by atoms with E-state index in [0.29, 0.717) is 6.92 Å². The van der Waals surface area contributed by atoms with E-state index in [0.717, 1.165) is 36.3 Å². The van der Waals surface area contributed by atoms with Crippen molar-refractivity contribution in [3.05, 3.63) is 65.0 Å². The molecule has 0 spiro atoms. The van der Waals surface area contributed by atoms with E-state index in [9.17, 15) is 22.0 Å². The molecule has 166 valence electrons. The lowest BCUT2D eigenvalue weighted by molar-refractivity contribution is 0.00774. The number of anilines is 1. The van der Waals surface area contributed by atoms with Gasteiger partial charge in [0.1, 0.15) is 11.4 Å². The van der Waals surface area contributed by atoms with E-state index in [2.05, 4.69) is 20.6 Å². The number of nitrogens with one attached hydrogen (secondary N) is 2. The number of rotatable bonds is 9. The Hall–Kier alpha value is -2.88. The third-order valence-electron chi connectivity index (χ3n) is 4.69. The maximum absolute atomic E-state index is 13.7. The first-order valence-corrected chi connectivity index (χ1v) is 11.7. The van der Waals surface area contributed by atoms with Gasteiger partial charge in [0.2, 0.25) is 5.82 Å². The number of alkyl halides is 2. The highest BCUT2D eigenvalue weighted by molar-refractivity contribution is 7.93. The first-order chi connectivity index (χ1) is 14.5. The van der Waals surface area contributed by atoms with E-state index < -0.39 is 33.5 Å². The third-order valence-corrected chi connectivity index (χ3v) is 5.34. The van der Waals surface area contributed by atoms with Crippen molar-refractivity contribution in [2.75, 3.05) is 11.6 Å². The highest BCUT2D eigenvalue weighted by Crippen LogP contribution is 2.34. The molecule has 0 radical (unpaired) electrons. The van der Waals surface area contributed by atoms with Gasteiger partial charge in [-0.2, -0.15) is 8.78 Å². The van der Waals surface area contributed by atoms with Gasteiger partial charge in [-0.25, -0.2) is 18.4 Å².